The molecule has 3 rings (SSSR count). The summed E-state index contributed by atoms with van der Waals surface area (Å²) >= 11 is 6.19. The van der Waals surface area contributed by atoms with Crippen LogP contribution in [0.15, 0.2) is 54.6 Å². The summed E-state index contributed by atoms with van der Waals surface area (Å²) in [4.78, 5) is 8.96. The molecule has 0 aliphatic heterocycles. The number of nitrogens with one attached hydrogen (secondary N) is 2. The number of nitrogens with zero attached hydrogens (tertiary/aromatic N) is 2. The highest BCUT2D eigenvalue weighted by Crippen LogP contribution is 2.17. The Hall–Kier alpha value is -2.79. The van der Waals surface area contributed by atoms with Crippen molar-refractivity contribution < 1.29 is 4.74 Å². The summed E-state index contributed by atoms with van der Waals surface area (Å²) in [5.41, 5.74) is 3.04. The molecule has 3 aromatic rings. The zero-order valence-corrected chi connectivity index (χ0v) is 15.5. The lowest BCUT2D eigenvalue weighted by molar-refractivity contribution is 0.414. The fraction of sp³-hybridized carbons (Fsp3) is 0.200. The van der Waals surface area contributed by atoms with Crippen molar-refractivity contribution in [3.63, 3.8) is 0 Å². The molecule has 6 heteroatoms. The number of anilines is 2. The number of hydrogen-bond donors (Lipinski definition) is 2. The van der Waals surface area contributed by atoms with Crippen molar-refractivity contribution in [3.8, 4) is 5.75 Å². The van der Waals surface area contributed by atoms with E-state index in [0.717, 1.165) is 33.4 Å². The predicted molar refractivity (Wildman–Crippen MR) is 106 cm³/mol. The van der Waals surface area contributed by atoms with Crippen LogP contribution in [0.4, 0.5) is 11.8 Å². The van der Waals surface area contributed by atoms with E-state index in [4.69, 9.17) is 16.3 Å². The van der Waals surface area contributed by atoms with E-state index in [1.807, 2.05) is 61.5 Å². The highest BCUT2D eigenvalue weighted by Gasteiger charge is 2.04. The molecule has 0 spiro atoms. The van der Waals surface area contributed by atoms with Crippen molar-refractivity contribution in [2.24, 2.45) is 0 Å². The van der Waals surface area contributed by atoms with E-state index in [9.17, 15) is 0 Å². The van der Waals surface area contributed by atoms with E-state index in [1.165, 1.54) is 0 Å². The van der Waals surface area contributed by atoms with Crippen LogP contribution < -0.4 is 15.4 Å². The average molecular weight is 369 g/mol. The van der Waals surface area contributed by atoms with Crippen molar-refractivity contribution in [1.82, 2.24) is 9.97 Å². The summed E-state index contributed by atoms with van der Waals surface area (Å²) in [7, 11) is 1.66. The topological polar surface area (TPSA) is 59.1 Å². The van der Waals surface area contributed by atoms with E-state index in [-0.39, 0.29) is 0 Å². The summed E-state index contributed by atoms with van der Waals surface area (Å²) < 4.78 is 5.18. The molecule has 0 fully saturated rings. The van der Waals surface area contributed by atoms with Gasteiger partial charge in [0.05, 0.1) is 7.11 Å². The largest absolute Gasteiger partial charge is 0.497 e. The third-order valence-corrected chi connectivity index (χ3v) is 4.25. The van der Waals surface area contributed by atoms with Gasteiger partial charge in [-0.05, 0) is 36.2 Å². The van der Waals surface area contributed by atoms with Gasteiger partial charge in [0.1, 0.15) is 11.6 Å². The van der Waals surface area contributed by atoms with Crippen LogP contribution in [0.2, 0.25) is 5.02 Å². The van der Waals surface area contributed by atoms with E-state index in [2.05, 4.69) is 20.6 Å². The van der Waals surface area contributed by atoms with Crippen LogP contribution in [-0.4, -0.2) is 17.1 Å². The molecule has 0 radical (unpaired) electrons. The fourth-order valence-electron chi connectivity index (χ4n) is 2.49. The monoisotopic (exact) mass is 368 g/mol. The smallest absolute Gasteiger partial charge is 0.225 e. The summed E-state index contributed by atoms with van der Waals surface area (Å²) in [6.45, 7) is 3.19. The Kier molecular flexibility index (Phi) is 5.92. The standard InChI is InChI=1S/C20H21ClN4O/c1-14-11-19(22-12-15-7-9-17(26-2)10-8-15)25-20(24-14)23-13-16-5-3-4-6-18(16)21/h3-11H,12-13H2,1-2H3,(H2,22,23,24,25). The van der Waals surface area contributed by atoms with Gasteiger partial charge in [-0.25, -0.2) is 4.98 Å². The lowest BCUT2D eigenvalue weighted by Crippen LogP contribution is -2.08. The molecule has 0 aliphatic rings. The number of hydrogen-bond acceptors (Lipinski definition) is 5. The van der Waals surface area contributed by atoms with Crippen molar-refractivity contribution >= 4 is 23.4 Å². The lowest BCUT2D eigenvalue weighted by atomic mass is 10.2. The third kappa shape index (κ3) is 4.86. The molecule has 0 saturated carbocycles. The highest BCUT2D eigenvalue weighted by atomic mass is 35.5. The maximum Gasteiger partial charge on any atom is 0.225 e. The number of aryl methyl sites for hydroxylation is 1. The van der Waals surface area contributed by atoms with Gasteiger partial charge in [0.2, 0.25) is 5.95 Å². The normalized spacial score (nSPS) is 10.4. The molecule has 5 nitrogen and oxygen atoms in total. The molecule has 1 aromatic heterocycles. The second-order valence-corrected chi connectivity index (χ2v) is 6.27. The summed E-state index contributed by atoms with van der Waals surface area (Å²) in [6.07, 6.45) is 0. The van der Waals surface area contributed by atoms with Crippen LogP contribution in [0.25, 0.3) is 0 Å². The third-order valence-electron chi connectivity index (χ3n) is 3.88. The quantitative estimate of drug-likeness (QED) is 0.634. The van der Waals surface area contributed by atoms with Gasteiger partial charge in [-0.2, -0.15) is 4.98 Å². The van der Waals surface area contributed by atoms with E-state index in [1.54, 1.807) is 7.11 Å². The van der Waals surface area contributed by atoms with Crippen molar-refractivity contribution in [3.05, 3.63) is 76.4 Å². The minimum Gasteiger partial charge on any atom is -0.497 e. The zero-order valence-electron chi connectivity index (χ0n) is 14.8. The minimum absolute atomic E-state index is 0.570. The van der Waals surface area contributed by atoms with Crippen molar-refractivity contribution in [2.75, 3.05) is 17.7 Å². The fourth-order valence-corrected chi connectivity index (χ4v) is 2.69. The number of rotatable bonds is 7. The Morgan fingerprint density at radius 2 is 1.73 bits per heavy atom. The zero-order chi connectivity index (χ0) is 18.4. The number of ether oxygens (including phenoxy) is 1. The van der Waals surface area contributed by atoms with Crippen molar-refractivity contribution in [2.45, 2.75) is 20.0 Å². The van der Waals surface area contributed by atoms with Crippen LogP contribution in [-0.2, 0) is 13.1 Å². The van der Waals surface area contributed by atoms with Gasteiger partial charge in [0.15, 0.2) is 0 Å². The van der Waals surface area contributed by atoms with Crippen LogP contribution in [0.1, 0.15) is 16.8 Å². The van der Waals surface area contributed by atoms with Gasteiger partial charge >= 0.3 is 0 Å². The lowest BCUT2D eigenvalue weighted by Gasteiger charge is -2.11. The van der Waals surface area contributed by atoms with E-state index in [0.29, 0.717) is 19.0 Å². The number of benzene rings is 2. The molecule has 0 saturated heterocycles. The van der Waals surface area contributed by atoms with Gasteiger partial charge < -0.3 is 15.4 Å². The summed E-state index contributed by atoms with van der Waals surface area (Å²) in [6, 6.07) is 17.6. The minimum atomic E-state index is 0.570. The molecule has 26 heavy (non-hydrogen) atoms. The second kappa shape index (κ2) is 8.54. The molecule has 2 aromatic carbocycles. The Labute approximate surface area is 158 Å². The van der Waals surface area contributed by atoms with Gasteiger partial charge in [0.25, 0.3) is 0 Å². The van der Waals surface area contributed by atoms with Crippen LogP contribution in [0, 0.1) is 6.92 Å². The number of halogens is 1. The Bertz CT molecular complexity index is 868. The highest BCUT2D eigenvalue weighted by molar-refractivity contribution is 6.31. The van der Waals surface area contributed by atoms with Crippen LogP contribution >= 0.6 is 11.6 Å². The molecule has 0 unspecified atom stereocenters. The number of methoxy groups -OCH3 is 1. The molecule has 2 N–H and O–H groups in total. The van der Waals surface area contributed by atoms with Gasteiger partial charge in [-0.3, -0.25) is 0 Å². The summed E-state index contributed by atoms with van der Waals surface area (Å²) in [5, 5.41) is 7.29. The van der Waals surface area contributed by atoms with E-state index >= 15 is 0 Å². The molecular formula is C20H21ClN4O. The Balaban J connectivity index is 1.64. The Morgan fingerprint density at radius 3 is 2.46 bits per heavy atom. The molecule has 0 amide bonds. The first-order valence-corrected chi connectivity index (χ1v) is 8.71. The predicted octanol–water partition coefficient (Wildman–Crippen LogP) is 4.67. The maximum absolute atomic E-state index is 6.19. The molecule has 1 heterocycles. The second-order valence-electron chi connectivity index (χ2n) is 5.86. The molecule has 0 bridgehead atoms. The SMILES string of the molecule is COc1ccc(CNc2cc(C)nc(NCc3ccccc3Cl)n2)cc1. The first-order chi connectivity index (χ1) is 12.6. The van der Waals surface area contributed by atoms with Crippen LogP contribution in [0.5, 0.6) is 5.75 Å². The van der Waals surface area contributed by atoms with Gasteiger partial charge in [-0.1, -0.05) is 41.9 Å². The first-order valence-electron chi connectivity index (χ1n) is 8.34. The van der Waals surface area contributed by atoms with Gasteiger partial charge in [0, 0.05) is 29.9 Å². The molecule has 134 valence electrons. The molecule has 0 atom stereocenters. The first kappa shape index (κ1) is 18.0. The summed E-state index contributed by atoms with van der Waals surface area (Å²) in [5.74, 6) is 2.19. The van der Waals surface area contributed by atoms with Crippen LogP contribution in [0.3, 0.4) is 0 Å². The van der Waals surface area contributed by atoms with E-state index < -0.39 is 0 Å². The van der Waals surface area contributed by atoms with Crippen molar-refractivity contribution in [1.29, 1.82) is 0 Å². The maximum atomic E-state index is 6.19. The number of aromatic nitrogens is 2. The molecule has 0 aliphatic carbocycles. The van der Waals surface area contributed by atoms with Gasteiger partial charge in [-0.15, -0.1) is 0 Å². The Morgan fingerprint density at radius 1 is 0.962 bits per heavy atom. The molecular weight excluding hydrogens is 348 g/mol. The average Bonchev–Trinajstić information content (AvgIpc) is 2.66.